The molecule has 1 aliphatic heterocycles. The Kier molecular flexibility index (Phi) is 8.29. The number of hydrogen-bond acceptors (Lipinski definition) is 8. The molecule has 1 saturated heterocycles. The zero-order valence-electron chi connectivity index (χ0n) is 19.6. The third kappa shape index (κ3) is 5.57. The van der Waals surface area contributed by atoms with Crippen molar-refractivity contribution in [1.82, 2.24) is 9.03 Å². The van der Waals surface area contributed by atoms with E-state index in [1.54, 1.807) is 6.07 Å². The minimum absolute atomic E-state index is 0.0306. The molecule has 10 nitrogen and oxygen atoms in total. The summed E-state index contributed by atoms with van der Waals surface area (Å²) in [6.07, 6.45) is 1.15. The van der Waals surface area contributed by atoms with E-state index in [2.05, 4.69) is 4.72 Å². The molecule has 188 valence electrons. The molecule has 0 amide bonds. The molecule has 0 spiro atoms. The lowest BCUT2D eigenvalue weighted by Gasteiger charge is -2.18. The summed E-state index contributed by atoms with van der Waals surface area (Å²) < 4.78 is 76.2. The number of sulfonamides is 2. The lowest BCUT2D eigenvalue weighted by molar-refractivity contribution is 0.353. The van der Waals surface area contributed by atoms with Gasteiger partial charge in [-0.25, -0.2) is 21.6 Å². The first-order valence-electron chi connectivity index (χ1n) is 10.6. The molecule has 1 fully saturated rings. The first-order chi connectivity index (χ1) is 16.2. The molecular formula is C22H30N2O8S2. The van der Waals surface area contributed by atoms with Gasteiger partial charge < -0.3 is 18.9 Å². The number of nitrogens with one attached hydrogen (secondary N) is 1. The number of rotatable bonds is 11. The monoisotopic (exact) mass is 514 g/mol. The van der Waals surface area contributed by atoms with Crippen molar-refractivity contribution in [1.29, 1.82) is 0 Å². The molecule has 0 aliphatic carbocycles. The maximum absolute atomic E-state index is 13.1. The van der Waals surface area contributed by atoms with Crippen LogP contribution in [0.4, 0.5) is 0 Å². The van der Waals surface area contributed by atoms with Crippen molar-refractivity contribution in [2.24, 2.45) is 5.92 Å². The maximum Gasteiger partial charge on any atom is 0.243 e. The van der Waals surface area contributed by atoms with E-state index in [0.717, 1.165) is 0 Å². The second-order valence-corrected chi connectivity index (χ2v) is 11.4. The van der Waals surface area contributed by atoms with Gasteiger partial charge in [0, 0.05) is 31.8 Å². The third-order valence-electron chi connectivity index (χ3n) is 5.75. The van der Waals surface area contributed by atoms with E-state index in [1.165, 1.54) is 63.1 Å². The van der Waals surface area contributed by atoms with Crippen LogP contribution in [0, 0.1) is 5.92 Å². The van der Waals surface area contributed by atoms with E-state index in [4.69, 9.17) is 18.9 Å². The Balaban J connectivity index is 1.60. The molecule has 1 heterocycles. The number of ether oxygens (including phenoxy) is 4. The first kappa shape index (κ1) is 26.1. The topological polar surface area (TPSA) is 120 Å². The van der Waals surface area contributed by atoms with Crippen molar-refractivity contribution in [3.05, 3.63) is 36.4 Å². The van der Waals surface area contributed by atoms with Crippen molar-refractivity contribution in [2.45, 2.75) is 22.6 Å². The number of nitrogens with zero attached hydrogens (tertiary/aromatic N) is 1. The smallest absolute Gasteiger partial charge is 0.243 e. The van der Waals surface area contributed by atoms with Crippen molar-refractivity contribution >= 4 is 20.0 Å². The minimum Gasteiger partial charge on any atom is -0.493 e. The van der Waals surface area contributed by atoms with E-state index >= 15 is 0 Å². The maximum atomic E-state index is 13.1. The number of methoxy groups -OCH3 is 4. The average molecular weight is 515 g/mol. The van der Waals surface area contributed by atoms with Crippen LogP contribution in [0.2, 0.25) is 0 Å². The van der Waals surface area contributed by atoms with E-state index < -0.39 is 20.0 Å². The second kappa shape index (κ2) is 10.8. The van der Waals surface area contributed by atoms with Crippen LogP contribution >= 0.6 is 0 Å². The van der Waals surface area contributed by atoms with E-state index in [-0.39, 0.29) is 22.3 Å². The van der Waals surface area contributed by atoms with Crippen LogP contribution in [0.3, 0.4) is 0 Å². The molecule has 2 aromatic carbocycles. The van der Waals surface area contributed by atoms with Crippen LogP contribution in [-0.2, 0) is 20.0 Å². The fourth-order valence-electron chi connectivity index (χ4n) is 3.84. The lowest BCUT2D eigenvalue weighted by Crippen LogP contribution is -2.30. The van der Waals surface area contributed by atoms with Crippen LogP contribution in [-0.4, -0.2) is 69.2 Å². The van der Waals surface area contributed by atoms with Gasteiger partial charge in [-0.1, -0.05) is 0 Å². The Morgan fingerprint density at radius 1 is 0.824 bits per heavy atom. The second-order valence-electron chi connectivity index (χ2n) is 7.74. The van der Waals surface area contributed by atoms with Crippen LogP contribution < -0.4 is 23.7 Å². The fraction of sp³-hybridized carbons (Fsp3) is 0.455. The molecule has 12 heteroatoms. The molecule has 1 atom stereocenters. The molecule has 1 unspecified atom stereocenters. The minimum atomic E-state index is -3.75. The van der Waals surface area contributed by atoms with E-state index in [9.17, 15) is 16.8 Å². The van der Waals surface area contributed by atoms with Gasteiger partial charge in [0.05, 0.1) is 38.2 Å². The summed E-state index contributed by atoms with van der Waals surface area (Å²) >= 11 is 0. The lowest BCUT2D eigenvalue weighted by atomic mass is 10.1. The quantitative estimate of drug-likeness (QED) is 0.484. The van der Waals surface area contributed by atoms with E-state index in [1.807, 2.05) is 0 Å². The fourth-order valence-corrected chi connectivity index (χ4v) is 6.45. The normalized spacial score (nSPS) is 16.9. The Morgan fingerprint density at radius 3 is 1.91 bits per heavy atom. The molecule has 0 saturated carbocycles. The van der Waals surface area contributed by atoms with Gasteiger partial charge in [-0.15, -0.1) is 0 Å². The van der Waals surface area contributed by atoms with Gasteiger partial charge in [-0.05, 0) is 43.0 Å². The zero-order chi connectivity index (χ0) is 24.9. The Bertz CT molecular complexity index is 1220. The molecule has 0 radical (unpaired) electrons. The number of hydrogen-bond donors (Lipinski definition) is 1. The number of benzene rings is 2. The predicted octanol–water partition coefficient (Wildman–Crippen LogP) is 2.10. The summed E-state index contributed by atoms with van der Waals surface area (Å²) in [5.41, 5.74) is 0. The molecular weight excluding hydrogens is 484 g/mol. The van der Waals surface area contributed by atoms with Crippen LogP contribution in [0.25, 0.3) is 0 Å². The van der Waals surface area contributed by atoms with Gasteiger partial charge in [-0.2, -0.15) is 4.31 Å². The van der Waals surface area contributed by atoms with Gasteiger partial charge in [0.1, 0.15) is 0 Å². The average Bonchev–Trinajstić information content (AvgIpc) is 3.32. The van der Waals surface area contributed by atoms with Gasteiger partial charge in [0.25, 0.3) is 0 Å². The van der Waals surface area contributed by atoms with Gasteiger partial charge in [0.2, 0.25) is 20.0 Å². The highest BCUT2D eigenvalue weighted by atomic mass is 32.2. The van der Waals surface area contributed by atoms with Crippen molar-refractivity contribution in [3.8, 4) is 23.0 Å². The van der Waals surface area contributed by atoms with Gasteiger partial charge in [-0.3, -0.25) is 0 Å². The van der Waals surface area contributed by atoms with Gasteiger partial charge >= 0.3 is 0 Å². The summed E-state index contributed by atoms with van der Waals surface area (Å²) in [6.45, 7) is 0.865. The predicted molar refractivity (Wildman–Crippen MR) is 126 cm³/mol. The van der Waals surface area contributed by atoms with Crippen molar-refractivity contribution < 1.29 is 35.8 Å². The highest BCUT2D eigenvalue weighted by Gasteiger charge is 2.33. The SMILES string of the molecule is COc1ccc(S(=O)(=O)NCCC2CCN(S(=O)(=O)c3ccc(OC)c(OC)c3)C2)cc1OC. The van der Waals surface area contributed by atoms with Crippen LogP contribution in [0.5, 0.6) is 23.0 Å². The Labute approximate surface area is 200 Å². The summed E-state index contributed by atoms with van der Waals surface area (Å²) in [7, 11) is -1.62. The van der Waals surface area contributed by atoms with Gasteiger partial charge in [0.15, 0.2) is 23.0 Å². The molecule has 0 bridgehead atoms. The Morgan fingerprint density at radius 2 is 1.35 bits per heavy atom. The first-order valence-corrected chi connectivity index (χ1v) is 13.5. The van der Waals surface area contributed by atoms with Crippen LogP contribution in [0.15, 0.2) is 46.2 Å². The highest BCUT2D eigenvalue weighted by molar-refractivity contribution is 7.89. The van der Waals surface area contributed by atoms with Crippen molar-refractivity contribution in [3.63, 3.8) is 0 Å². The summed E-state index contributed by atoms with van der Waals surface area (Å²) in [5.74, 6) is 1.56. The summed E-state index contributed by atoms with van der Waals surface area (Å²) in [6, 6.07) is 8.86. The molecule has 0 aromatic heterocycles. The largest absolute Gasteiger partial charge is 0.493 e. The van der Waals surface area contributed by atoms with E-state index in [0.29, 0.717) is 48.9 Å². The summed E-state index contributed by atoms with van der Waals surface area (Å²) in [5, 5.41) is 0. The third-order valence-corrected chi connectivity index (χ3v) is 9.07. The summed E-state index contributed by atoms with van der Waals surface area (Å²) in [4.78, 5) is 0.189. The van der Waals surface area contributed by atoms with Crippen molar-refractivity contribution in [2.75, 3.05) is 48.1 Å². The molecule has 2 aromatic rings. The molecule has 34 heavy (non-hydrogen) atoms. The highest BCUT2D eigenvalue weighted by Crippen LogP contribution is 2.33. The standard InChI is InChI=1S/C22H30N2O8S2/c1-29-19-7-5-17(13-21(19)31-3)33(25,26)23-11-9-16-10-12-24(15-16)34(27,28)18-6-8-20(30-2)22(14-18)32-4/h5-8,13-14,16,23H,9-12,15H2,1-4H3. The molecule has 1 N–H and O–H groups in total. The Hall–Kier alpha value is -2.54. The van der Waals surface area contributed by atoms with Crippen LogP contribution in [0.1, 0.15) is 12.8 Å². The zero-order valence-corrected chi connectivity index (χ0v) is 21.2. The molecule has 1 aliphatic rings. The molecule has 3 rings (SSSR count).